The first kappa shape index (κ1) is 13.2. The second kappa shape index (κ2) is 4.97. The number of hydrogen-bond acceptors (Lipinski definition) is 4. The van der Waals surface area contributed by atoms with E-state index in [1.807, 2.05) is 42.9 Å². The van der Waals surface area contributed by atoms with E-state index in [9.17, 15) is 0 Å². The van der Waals surface area contributed by atoms with Crippen LogP contribution in [0.5, 0.6) is 5.75 Å². The van der Waals surface area contributed by atoms with Crippen LogP contribution in [0.1, 0.15) is 5.56 Å². The number of benzene rings is 1. The minimum atomic E-state index is 0.443. The molecular weight excluding hydrogens is 266 g/mol. The van der Waals surface area contributed by atoms with Gasteiger partial charge in [0.15, 0.2) is 11.6 Å². The summed E-state index contributed by atoms with van der Waals surface area (Å²) in [5, 5.41) is 7.10. The molecule has 0 saturated heterocycles. The topological polar surface area (TPSA) is 81.8 Å². The highest BCUT2D eigenvalue weighted by Crippen LogP contribution is 2.36. The Morgan fingerprint density at radius 2 is 2.14 bits per heavy atom. The highest BCUT2D eigenvalue weighted by Gasteiger charge is 2.18. The van der Waals surface area contributed by atoms with Crippen LogP contribution in [-0.2, 0) is 7.05 Å². The number of nitrogen functional groups attached to an aromatic ring is 1. The molecule has 3 aromatic rings. The van der Waals surface area contributed by atoms with Crippen molar-refractivity contribution >= 4 is 5.82 Å². The van der Waals surface area contributed by atoms with Crippen LogP contribution in [0.3, 0.4) is 0 Å². The Morgan fingerprint density at radius 3 is 2.81 bits per heavy atom. The van der Waals surface area contributed by atoms with Crippen molar-refractivity contribution in [3.63, 3.8) is 0 Å². The van der Waals surface area contributed by atoms with Crippen LogP contribution in [0.15, 0.2) is 30.6 Å². The van der Waals surface area contributed by atoms with Crippen molar-refractivity contribution in [1.82, 2.24) is 19.7 Å². The number of imidazole rings is 1. The SMILES string of the molecule is COc1cc(-c2c(N)n[nH]c2-c2nccn2C)ccc1C. The molecular formula is C15H17N5O. The first-order chi connectivity index (χ1) is 10.1. The smallest absolute Gasteiger partial charge is 0.158 e. The van der Waals surface area contributed by atoms with Gasteiger partial charge in [-0.15, -0.1) is 0 Å². The van der Waals surface area contributed by atoms with Crippen LogP contribution < -0.4 is 10.5 Å². The molecule has 108 valence electrons. The first-order valence-corrected chi connectivity index (χ1v) is 6.58. The number of hydrogen-bond donors (Lipinski definition) is 2. The predicted octanol–water partition coefficient (Wildman–Crippen LogP) is 2.38. The highest BCUT2D eigenvalue weighted by atomic mass is 16.5. The average molecular weight is 283 g/mol. The summed E-state index contributed by atoms with van der Waals surface area (Å²) >= 11 is 0. The monoisotopic (exact) mass is 283 g/mol. The zero-order valence-electron chi connectivity index (χ0n) is 12.2. The van der Waals surface area contributed by atoms with Gasteiger partial charge in [0.2, 0.25) is 0 Å². The lowest BCUT2D eigenvalue weighted by molar-refractivity contribution is 0.412. The molecule has 6 nitrogen and oxygen atoms in total. The molecule has 0 spiro atoms. The van der Waals surface area contributed by atoms with Gasteiger partial charge in [-0.2, -0.15) is 5.10 Å². The van der Waals surface area contributed by atoms with Crippen molar-refractivity contribution in [1.29, 1.82) is 0 Å². The zero-order valence-corrected chi connectivity index (χ0v) is 12.2. The van der Waals surface area contributed by atoms with E-state index in [2.05, 4.69) is 15.2 Å². The molecule has 0 atom stereocenters. The van der Waals surface area contributed by atoms with E-state index in [4.69, 9.17) is 10.5 Å². The quantitative estimate of drug-likeness (QED) is 0.773. The number of nitrogens with zero attached hydrogens (tertiary/aromatic N) is 3. The second-order valence-electron chi connectivity index (χ2n) is 4.91. The lowest BCUT2D eigenvalue weighted by atomic mass is 10.0. The third-order valence-electron chi connectivity index (χ3n) is 3.54. The van der Waals surface area contributed by atoms with Crippen LogP contribution in [-0.4, -0.2) is 26.9 Å². The molecule has 0 fully saturated rings. The van der Waals surface area contributed by atoms with Crippen molar-refractivity contribution in [2.75, 3.05) is 12.8 Å². The van der Waals surface area contributed by atoms with Crippen molar-refractivity contribution in [2.24, 2.45) is 7.05 Å². The van der Waals surface area contributed by atoms with E-state index in [1.54, 1.807) is 13.3 Å². The Balaban J connectivity index is 2.19. The predicted molar refractivity (Wildman–Crippen MR) is 81.9 cm³/mol. The maximum Gasteiger partial charge on any atom is 0.158 e. The largest absolute Gasteiger partial charge is 0.496 e. The summed E-state index contributed by atoms with van der Waals surface area (Å²) in [5.74, 6) is 2.05. The van der Waals surface area contributed by atoms with E-state index in [0.717, 1.165) is 34.0 Å². The van der Waals surface area contributed by atoms with Gasteiger partial charge in [0.1, 0.15) is 11.4 Å². The Morgan fingerprint density at radius 1 is 1.33 bits per heavy atom. The molecule has 0 aliphatic heterocycles. The summed E-state index contributed by atoms with van der Waals surface area (Å²) in [6.45, 7) is 2.00. The second-order valence-corrected chi connectivity index (χ2v) is 4.91. The molecule has 0 bridgehead atoms. The fraction of sp³-hybridized carbons (Fsp3) is 0.200. The Kier molecular flexibility index (Phi) is 3.13. The summed E-state index contributed by atoms with van der Waals surface area (Å²) < 4.78 is 7.30. The number of aromatic nitrogens is 4. The van der Waals surface area contributed by atoms with E-state index < -0.39 is 0 Å². The van der Waals surface area contributed by atoms with Gasteiger partial charge in [-0.05, 0) is 24.1 Å². The van der Waals surface area contributed by atoms with Crippen LogP contribution in [0.4, 0.5) is 5.82 Å². The minimum absolute atomic E-state index is 0.443. The Bertz CT molecular complexity index is 787. The number of anilines is 1. The summed E-state index contributed by atoms with van der Waals surface area (Å²) in [6, 6.07) is 5.97. The molecule has 0 aliphatic carbocycles. The lowest BCUT2D eigenvalue weighted by Gasteiger charge is -2.09. The number of rotatable bonds is 3. The van der Waals surface area contributed by atoms with Gasteiger partial charge in [0.25, 0.3) is 0 Å². The standard InChI is InChI=1S/C15H17N5O/c1-9-4-5-10(8-11(9)21-3)12-13(18-19-14(12)16)15-17-6-7-20(15)2/h4-8H,1-3H3,(H3,16,18,19). The zero-order chi connectivity index (χ0) is 15.0. The third kappa shape index (κ3) is 2.14. The number of aromatic amines is 1. The van der Waals surface area contributed by atoms with Gasteiger partial charge in [0, 0.05) is 19.4 Å². The van der Waals surface area contributed by atoms with Crippen LogP contribution in [0.2, 0.25) is 0 Å². The highest BCUT2D eigenvalue weighted by molar-refractivity contribution is 5.86. The first-order valence-electron chi connectivity index (χ1n) is 6.58. The summed E-state index contributed by atoms with van der Waals surface area (Å²) in [6.07, 6.45) is 3.62. The third-order valence-corrected chi connectivity index (χ3v) is 3.54. The van der Waals surface area contributed by atoms with E-state index in [-0.39, 0.29) is 0 Å². The molecule has 21 heavy (non-hydrogen) atoms. The van der Waals surface area contributed by atoms with Crippen LogP contribution in [0.25, 0.3) is 22.6 Å². The molecule has 0 saturated carbocycles. The van der Waals surface area contributed by atoms with E-state index >= 15 is 0 Å². The number of nitrogens with two attached hydrogens (primary N) is 1. The number of nitrogens with one attached hydrogen (secondary N) is 1. The number of H-pyrrole nitrogens is 1. The number of aryl methyl sites for hydroxylation is 2. The molecule has 3 rings (SSSR count). The summed E-state index contributed by atoms with van der Waals surface area (Å²) in [7, 11) is 3.59. The fourth-order valence-electron chi connectivity index (χ4n) is 2.39. The van der Waals surface area contributed by atoms with Crippen molar-refractivity contribution < 1.29 is 4.74 Å². The maximum atomic E-state index is 6.04. The van der Waals surface area contributed by atoms with Crippen LogP contribution in [0, 0.1) is 6.92 Å². The molecule has 0 amide bonds. The average Bonchev–Trinajstić information content (AvgIpc) is 3.05. The molecule has 0 aliphatic rings. The van der Waals surface area contributed by atoms with Gasteiger partial charge in [-0.25, -0.2) is 4.98 Å². The summed E-state index contributed by atoms with van der Waals surface area (Å²) in [5.41, 5.74) is 9.69. The molecule has 0 radical (unpaired) electrons. The molecule has 0 unspecified atom stereocenters. The van der Waals surface area contributed by atoms with Crippen molar-refractivity contribution in [3.05, 3.63) is 36.2 Å². The van der Waals surface area contributed by atoms with E-state index in [1.165, 1.54) is 0 Å². The molecule has 2 heterocycles. The van der Waals surface area contributed by atoms with Gasteiger partial charge in [-0.3, -0.25) is 5.10 Å². The number of ether oxygens (including phenoxy) is 1. The molecule has 2 aromatic heterocycles. The van der Waals surface area contributed by atoms with Crippen LogP contribution >= 0.6 is 0 Å². The van der Waals surface area contributed by atoms with Gasteiger partial charge in [-0.1, -0.05) is 12.1 Å². The molecule has 1 aromatic carbocycles. The van der Waals surface area contributed by atoms with E-state index in [0.29, 0.717) is 5.82 Å². The van der Waals surface area contributed by atoms with Crippen molar-refractivity contribution in [3.8, 4) is 28.4 Å². The maximum absolute atomic E-state index is 6.04. The number of methoxy groups -OCH3 is 1. The normalized spacial score (nSPS) is 10.8. The Labute approximate surface area is 122 Å². The minimum Gasteiger partial charge on any atom is -0.496 e. The van der Waals surface area contributed by atoms with Crippen molar-refractivity contribution in [2.45, 2.75) is 6.92 Å². The van der Waals surface area contributed by atoms with Gasteiger partial charge in [0.05, 0.1) is 12.7 Å². The lowest BCUT2D eigenvalue weighted by Crippen LogP contribution is -1.95. The van der Waals surface area contributed by atoms with Gasteiger partial charge >= 0.3 is 0 Å². The van der Waals surface area contributed by atoms with Gasteiger partial charge < -0.3 is 15.0 Å². The summed E-state index contributed by atoms with van der Waals surface area (Å²) in [4.78, 5) is 4.35. The fourth-order valence-corrected chi connectivity index (χ4v) is 2.39. The molecule has 6 heteroatoms. The molecule has 3 N–H and O–H groups in total. The Hall–Kier alpha value is -2.76.